The van der Waals surface area contributed by atoms with Crippen molar-refractivity contribution in [3.05, 3.63) is 33.8 Å². The fraction of sp³-hybridized carbons (Fsp3) is 0.484. The molecule has 1 aromatic heterocycles. The molecule has 4 heterocycles. The van der Waals surface area contributed by atoms with Crippen LogP contribution in [0.15, 0.2) is 27.8 Å². The number of Topliss-reactive ketones (excluding diaryl/α,β-unsaturated/α-hetero) is 2. The third-order valence-electron chi connectivity index (χ3n) is 8.31. The number of β-lactam (4-membered cyclic amide) rings is 1. The number of oxime groups is 1. The van der Waals surface area contributed by atoms with Crippen LogP contribution in [0.25, 0.3) is 0 Å². The molecule has 0 saturated carbocycles. The first-order valence-corrected chi connectivity index (χ1v) is 18.9. The second-order valence-corrected chi connectivity index (χ2v) is 16.7. The van der Waals surface area contributed by atoms with Crippen LogP contribution >= 0.6 is 46.5 Å². The first kappa shape index (κ1) is 39.1. The van der Waals surface area contributed by atoms with Crippen molar-refractivity contribution in [3.8, 4) is 11.5 Å². The van der Waals surface area contributed by atoms with Gasteiger partial charge in [0.15, 0.2) is 38.0 Å². The van der Waals surface area contributed by atoms with Crippen molar-refractivity contribution in [2.24, 2.45) is 16.2 Å². The lowest BCUT2D eigenvalue weighted by Crippen LogP contribution is -2.57. The molecule has 3 aliphatic rings. The summed E-state index contributed by atoms with van der Waals surface area (Å²) in [5, 5.41) is 50.4. The van der Waals surface area contributed by atoms with Gasteiger partial charge >= 0.3 is 11.9 Å². The quantitative estimate of drug-likeness (QED) is 0.0537. The molecule has 0 radical (unpaired) electrons. The molecule has 0 spiro atoms. The van der Waals surface area contributed by atoms with Crippen LogP contribution in [-0.2, 0) is 33.5 Å². The molecule has 6 N–H and O–H groups in total. The lowest BCUT2D eigenvalue weighted by atomic mass is 9.90. The number of hydrogen-bond donors (Lipinski definition) is 5. The first-order valence-electron chi connectivity index (χ1n) is 15.8. The number of anilines is 1. The van der Waals surface area contributed by atoms with E-state index in [4.69, 9.17) is 26.9 Å². The molecule has 3 atom stereocenters. The molecule has 5 rings (SSSR count). The van der Waals surface area contributed by atoms with Crippen molar-refractivity contribution in [1.29, 1.82) is 0 Å². The molecular formula is C31H35ClN6O11S3. The van der Waals surface area contributed by atoms with Gasteiger partial charge in [0, 0.05) is 23.8 Å². The number of rotatable bonds is 16. The summed E-state index contributed by atoms with van der Waals surface area (Å²) in [6, 6.07) is 2.58. The van der Waals surface area contributed by atoms with Gasteiger partial charge in [-0.1, -0.05) is 16.8 Å². The van der Waals surface area contributed by atoms with E-state index >= 15 is 0 Å². The van der Waals surface area contributed by atoms with Crippen LogP contribution in [0.1, 0.15) is 44.4 Å². The number of fused-ring (bicyclic) bond motifs is 1. The monoisotopic (exact) mass is 798 g/mol. The number of nitrogens with two attached hydrogens (primary N) is 1. The van der Waals surface area contributed by atoms with Crippen molar-refractivity contribution in [3.63, 3.8) is 0 Å². The van der Waals surface area contributed by atoms with Crippen molar-refractivity contribution in [2.45, 2.75) is 48.2 Å². The first-order chi connectivity index (χ1) is 24.5. The second-order valence-electron chi connectivity index (χ2n) is 12.4. The predicted molar refractivity (Wildman–Crippen MR) is 193 cm³/mol. The summed E-state index contributed by atoms with van der Waals surface area (Å²) in [5.41, 5.74) is 3.77. The van der Waals surface area contributed by atoms with Gasteiger partial charge in [0.1, 0.15) is 11.4 Å². The highest BCUT2D eigenvalue weighted by atomic mass is 35.5. The summed E-state index contributed by atoms with van der Waals surface area (Å²) in [5.74, 6) is -5.75. The van der Waals surface area contributed by atoms with E-state index in [0.717, 1.165) is 34.9 Å². The van der Waals surface area contributed by atoms with Crippen LogP contribution in [0, 0.1) is 5.92 Å². The number of aromatic hydroxyl groups is 2. The number of nitrogen functional groups attached to an aromatic ring is 1. The normalized spacial score (nSPS) is 22.2. The Kier molecular flexibility index (Phi) is 11.9. The number of hydrazone groups is 1. The summed E-state index contributed by atoms with van der Waals surface area (Å²) in [4.78, 5) is 74.9. The molecule has 2 aromatic rings. The fourth-order valence-corrected chi connectivity index (χ4v) is 9.30. The van der Waals surface area contributed by atoms with E-state index < -0.39 is 61.9 Å². The zero-order valence-electron chi connectivity index (χ0n) is 27.8. The Balaban J connectivity index is 1.24. The Labute approximate surface area is 314 Å². The second kappa shape index (κ2) is 15.9. The molecular weight excluding hydrogens is 764 g/mol. The zero-order valence-corrected chi connectivity index (χ0v) is 31.0. The van der Waals surface area contributed by atoms with Gasteiger partial charge < -0.3 is 40.6 Å². The average molecular weight is 799 g/mol. The molecule has 3 saturated heterocycles. The van der Waals surface area contributed by atoms with Crippen LogP contribution in [0.5, 0.6) is 11.5 Å². The largest absolute Gasteiger partial charge is 0.504 e. The van der Waals surface area contributed by atoms with Gasteiger partial charge in [-0.25, -0.2) is 14.6 Å². The number of thiazole rings is 1. The summed E-state index contributed by atoms with van der Waals surface area (Å²) < 4.78 is 3.87. The number of carboxylic acids is 2. The predicted octanol–water partition coefficient (Wildman–Crippen LogP) is 2.46. The minimum absolute atomic E-state index is 0.0298. The maximum atomic E-state index is 13.5. The average Bonchev–Trinajstić information content (AvgIpc) is 3.70. The van der Waals surface area contributed by atoms with Crippen LogP contribution in [0.2, 0.25) is 5.02 Å². The van der Waals surface area contributed by atoms with Crippen molar-refractivity contribution < 1.29 is 54.0 Å². The lowest BCUT2D eigenvalue weighted by Gasteiger charge is -2.41. The number of amides is 1. The van der Waals surface area contributed by atoms with Gasteiger partial charge in [-0.15, -0.1) is 34.9 Å². The number of thioether (sulfide) groups is 2. The van der Waals surface area contributed by atoms with Crippen LogP contribution in [0.3, 0.4) is 0 Å². The number of carbonyl (C=O) groups excluding carboxylic acids is 3. The molecule has 52 heavy (non-hydrogen) atoms. The molecule has 1 amide bonds. The smallest absolute Gasteiger partial charge is 0.350 e. The van der Waals surface area contributed by atoms with Gasteiger partial charge in [-0.05, 0) is 38.2 Å². The van der Waals surface area contributed by atoms with E-state index in [2.05, 4.69) is 15.2 Å². The van der Waals surface area contributed by atoms with Gasteiger partial charge in [0.05, 0.1) is 49.2 Å². The van der Waals surface area contributed by atoms with Crippen LogP contribution in [-0.4, -0.2) is 130 Å². The Morgan fingerprint density at radius 3 is 2.52 bits per heavy atom. The Morgan fingerprint density at radius 2 is 1.88 bits per heavy atom. The number of carbonyl (C=O) groups is 5. The number of ketones is 2. The molecule has 0 aliphatic carbocycles. The number of phenols is 2. The van der Waals surface area contributed by atoms with Gasteiger partial charge in [-0.2, -0.15) is 5.10 Å². The molecule has 17 nitrogen and oxygen atoms in total. The van der Waals surface area contributed by atoms with E-state index in [0.29, 0.717) is 26.3 Å². The molecule has 1 aromatic carbocycles. The minimum Gasteiger partial charge on any atom is -0.504 e. The van der Waals surface area contributed by atoms with E-state index in [1.165, 1.54) is 36.3 Å². The van der Waals surface area contributed by atoms with E-state index in [-0.39, 0.29) is 64.4 Å². The number of benzene rings is 1. The lowest BCUT2D eigenvalue weighted by molar-refractivity contribution is -0.161. The van der Waals surface area contributed by atoms with Gasteiger partial charge in [0.2, 0.25) is 11.5 Å². The van der Waals surface area contributed by atoms with Crippen LogP contribution in [0.4, 0.5) is 5.13 Å². The van der Waals surface area contributed by atoms with Crippen molar-refractivity contribution in [2.75, 3.05) is 44.3 Å². The maximum absolute atomic E-state index is 13.5. The number of aliphatic carboxylic acids is 2. The number of aromatic nitrogens is 1. The third-order valence-corrected chi connectivity index (χ3v) is 12.8. The van der Waals surface area contributed by atoms with E-state index in [1.807, 2.05) is 0 Å². The zero-order chi connectivity index (χ0) is 38.0. The van der Waals surface area contributed by atoms with E-state index in [1.54, 1.807) is 5.01 Å². The Hall–Kier alpha value is -4.11. The summed E-state index contributed by atoms with van der Waals surface area (Å²) in [6.07, 6.45) is -0.190. The van der Waals surface area contributed by atoms with Crippen LogP contribution < -0.4 is 5.73 Å². The topological polar surface area (TPSA) is 255 Å². The molecule has 280 valence electrons. The number of hydrogen-bond acceptors (Lipinski definition) is 17. The van der Waals surface area contributed by atoms with Gasteiger partial charge in [0.25, 0.3) is 0 Å². The standard InChI is InChI=1S/C31H35ClN6O11S3/c1-30(2,27(44)45)49-36-23(17-13-50-29(33)34-17)20(41)12-16-25(43)38-14-31(28(46)47,52-26(16)38)51-11-3-4-18(39)22(35-37-7-9-48-10-8-37)15-5-6-19(40)24(42)21(15)32/h5-6,13,16,26,40,42H,3-4,7-12,14H2,1-2H3,(H2,33,34)(H,44,45)(H,46,47)/b35-22+,36-23-/t16-,26-,31-/m1/s1. The number of nitrogens with zero attached hydrogens (tertiary/aromatic N) is 5. The van der Waals surface area contributed by atoms with Crippen molar-refractivity contribution in [1.82, 2.24) is 14.9 Å². The summed E-state index contributed by atoms with van der Waals surface area (Å²) >= 11 is 9.41. The van der Waals surface area contributed by atoms with E-state index in [9.17, 15) is 44.4 Å². The highest BCUT2D eigenvalue weighted by molar-refractivity contribution is 8.19. The number of halogens is 1. The van der Waals surface area contributed by atoms with Gasteiger partial charge in [-0.3, -0.25) is 19.4 Å². The third kappa shape index (κ3) is 8.25. The summed E-state index contributed by atoms with van der Waals surface area (Å²) in [6.45, 7) is 3.98. The fourth-order valence-electron chi connectivity index (χ4n) is 5.33. The Morgan fingerprint density at radius 1 is 1.17 bits per heavy atom. The SMILES string of the molecule is CC(C)(O/N=C(\C(=O)C[C@@H]1C(=O)N2C[C@](SCCCC(=O)/C(=N/N3CCOCC3)c3ccc(O)c(O)c3Cl)(C(=O)O)S[C@H]12)c1csc(N)n1)C(=O)O. The molecule has 0 bridgehead atoms. The number of phenolic OH excluding ortho intramolecular Hbond substituents is 2. The number of carboxylic acid groups (broad SMARTS) is 2. The van der Waals surface area contributed by atoms with Crippen molar-refractivity contribution >= 4 is 92.4 Å². The minimum atomic E-state index is -1.78. The summed E-state index contributed by atoms with van der Waals surface area (Å²) in [7, 11) is 0. The molecule has 0 unspecified atom stereocenters. The maximum Gasteiger partial charge on any atom is 0.350 e. The highest BCUT2D eigenvalue weighted by Crippen LogP contribution is 2.55. The Bertz CT molecular complexity index is 1830. The molecule has 3 aliphatic heterocycles. The highest BCUT2D eigenvalue weighted by Gasteiger charge is 2.62. The molecule has 21 heteroatoms. The molecule has 3 fully saturated rings. The number of morpholine rings is 1. The number of ether oxygens (including phenoxy) is 1.